The lowest BCUT2D eigenvalue weighted by Gasteiger charge is -2.58. The smallest absolute Gasteiger partial charge is 0.247 e. The summed E-state index contributed by atoms with van der Waals surface area (Å²) in [6.07, 6.45) is 11.5. The van der Waals surface area contributed by atoms with Crippen molar-refractivity contribution >= 4 is 46.1 Å². The fourth-order valence-electron chi connectivity index (χ4n) is 12.4. The molecule has 0 spiro atoms. The van der Waals surface area contributed by atoms with E-state index in [1.807, 2.05) is 0 Å². The fraction of sp³-hybridized carbons (Fsp3) is 0.200. The van der Waals surface area contributed by atoms with Gasteiger partial charge in [-0.2, -0.15) is 0 Å². The molecule has 0 saturated heterocycles. The monoisotopic (exact) mass is 960 g/mol. The number of benzene rings is 8. The number of hydrogen-bond acceptors (Lipinski definition) is 3. The van der Waals surface area contributed by atoms with Crippen LogP contribution in [0.15, 0.2) is 247 Å². The van der Waals surface area contributed by atoms with Gasteiger partial charge in [0.25, 0.3) is 0 Å². The Balaban J connectivity index is 1.26. The number of nitrogens with zero attached hydrogens (tertiary/aromatic N) is 3. The van der Waals surface area contributed by atoms with Gasteiger partial charge in [0.15, 0.2) is 0 Å². The number of rotatable bonds is 8. The van der Waals surface area contributed by atoms with Crippen molar-refractivity contribution in [1.82, 2.24) is 0 Å². The van der Waals surface area contributed by atoms with Crippen molar-refractivity contribution in [3.63, 3.8) is 0 Å². The van der Waals surface area contributed by atoms with Gasteiger partial charge >= 0.3 is 0 Å². The zero-order chi connectivity index (χ0) is 50.9. The van der Waals surface area contributed by atoms with Crippen LogP contribution in [0.2, 0.25) is 0 Å². The SMILES string of the molecule is CC1C=CC(N(C2=CC3=C4B(c5ccc(C(C)(C)C)cc5N3c3ccccc3-c3ccccc3)c3ccc(C(C)(C)C)cc3N(c3c(-c5ccccc5)cccc3-c3ccccc3)C4(C)C2)c2ccccc2)=CC1. The molecule has 0 saturated carbocycles. The molecule has 12 rings (SSSR count). The van der Waals surface area contributed by atoms with Gasteiger partial charge in [0.1, 0.15) is 0 Å². The van der Waals surface area contributed by atoms with Crippen LogP contribution in [0.5, 0.6) is 0 Å². The standard InChI is InChI=1S/C70H66BN3/c1-48-36-40-55(41-37-48)72(54-30-19-12-20-31-54)56-46-65-67-70(8,47-56)74(66-58(50-26-15-10-16-27-50)33-23-34-59(66)51-28-17-11-18-29-51)64-45-53(69(5,6)7)39-43-61(64)71(67)60-42-38-52(68(2,3)4)44-63(60)73(65)62-35-22-21-32-57(62)49-24-13-9-14-25-49/h9-36,38-46,48H,37,47H2,1-8H3. The van der Waals surface area contributed by atoms with Crippen molar-refractivity contribution in [2.75, 3.05) is 14.7 Å². The average Bonchev–Trinajstić information content (AvgIpc) is 3.43. The van der Waals surface area contributed by atoms with Gasteiger partial charge in [-0.1, -0.05) is 230 Å². The van der Waals surface area contributed by atoms with Crippen molar-refractivity contribution in [1.29, 1.82) is 0 Å². The summed E-state index contributed by atoms with van der Waals surface area (Å²) in [5.41, 5.74) is 22.8. The number of fused-ring (bicyclic) bond motifs is 4. The van der Waals surface area contributed by atoms with Gasteiger partial charge in [0.05, 0.1) is 16.9 Å². The molecular formula is C70H66BN3. The molecule has 4 aliphatic rings. The first-order chi connectivity index (χ1) is 35.8. The van der Waals surface area contributed by atoms with Gasteiger partial charge in [-0.3, -0.25) is 0 Å². The van der Waals surface area contributed by atoms with Crippen LogP contribution in [0.1, 0.15) is 79.4 Å². The third-order valence-corrected chi connectivity index (χ3v) is 16.1. The lowest BCUT2D eigenvalue weighted by molar-refractivity contribution is 0.525. The van der Waals surface area contributed by atoms with E-state index in [9.17, 15) is 0 Å². The van der Waals surface area contributed by atoms with Crippen LogP contribution < -0.4 is 25.6 Å². The minimum absolute atomic E-state index is 0.0406. The molecule has 2 atom stereocenters. The van der Waals surface area contributed by atoms with E-state index in [0.717, 1.165) is 18.5 Å². The quantitative estimate of drug-likeness (QED) is 0.141. The number of para-hydroxylation sites is 3. The summed E-state index contributed by atoms with van der Waals surface area (Å²) < 4.78 is 0. The molecule has 0 bridgehead atoms. The molecule has 0 fully saturated rings. The molecule has 2 unspecified atom stereocenters. The normalized spacial score (nSPS) is 18.1. The molecule has 2 heterocycles. The lowest BCUT2D eigenvalue weighted by atomic mass is 9.29. The molecule has 0 N–H and O–H groups in total. The van der Waals surface area contributed by atoms with E-state index in [2.05, 4.69) is 295 Å². The van der Waals surface area contributed by atoms with Crippen LogP contribution in [-0.4, -0.2) is 12.3 Å². The zero-order valence-electron chi connectivity index (χ0n) is 44.3. The molecule has 0 amide bonds. The zero-order valence-corrected chi connectivity index (χ0v) is 44.3. The topological polar surface area (TPSA) is 9.72 Å². The van der Waals surface area contributed by atoms with Crippen LogP contribution >= 0.6 is 0 Å². The molecule has 2 aliphatic carbocycles. The highest BCUT2D eigenvalue weighted by Gasteiger charge is 2.56. The van der Waals surface area contributed by atoms with Crippen LogP contribution in [0, 0.1) is 5.92 Å². The maximum Gasteiger partial charge on any atom is 0.247 e. The molecule has 8 aromatic carbocycles. The average molecular weight is 960 g/mol. The Morgan fingerprint density at radius 2 is 1.04 bits per heavy atom. The van der Waals surface area contributed by atoms with Crippen molar-refractivity contribution in [3.8, 4) is 33.4 Å². The lowest BCUT2D eigenvalue weighted by Crippen LogP contribution is -2.66. The van der Waals surface area contributed by atoms with Crippen LogP contribution in [-0.2, 0) is 10.8 Å². The third-order valence-electron chi connectivity index (χ3n) is 16.1. The van der Waals surface area contributed by atoms with Gasteiger partial charge in [-0.25, -0.2) is 0 Å². The fourth-order valence-corrected chi connectivity index (χ4v) is 12.4. The maximum absolute atomic E-state index is 2.83. The van der Waals surface area contributed by atoms with E-state index in [-0.39, 0.29) is 17.5 Å². The van der Waals surface area contributed by atoms with E-state index in [4.69, 9.17) is 0 Å². The van der Waals surface area contributed by atoms with Gasteiger partial charge in [0, 0.05) is 57.3 Å². The van der Waals surface area contributed by atoms with E-state index in [0.29, 0.717) is 5.92 Å². The van der Waals surface area contributed by atoms with Gasteiger partial charge in [-0.15, -0.1) is 0 Å². The highest BCUT2D eigenvalue weighted by molar-refractivity contribution is 6.94. The Morgan fingerprint density at radius 3 is 1.59 bits per heavy atom. The van der Waals surface area contributed by atoms with E-state index >= 15 is 0 Å². The van der Waals surface area contributed by atoms with E-state index in [1.54, 1.807) is 0 Å². The molecule has 3 nitrogen and oxygen atoms in total. The summed E-state index contributed by atoms with van der Waals surface area (Å²) in [4.78, 5) is 8.07. The Labute approximate surface area is 440 Å². The molecule has 364 valence electrons. The first-order valence-corrected chi connectivity index (χ1v) is 26.7. The van der Waals surface area contributed by atoms with Gasteiger partial charge in [-0.05, 0) is 117 Å². The van der Waals surface area contributed by atoms with Crippen LogP contribution in [0.4, 0.5) is 28.4 Å². The summed E-state index contributed by atoms with van der Waals surface area (Å²) in [6.45, 7) is 19.0. The predicted molar refractivity (Wildman–Crippen MR) is 317 cm³/mol. The third kappa shape index (κ3) is 8.07. The van der Waals surface area contributed by atoms with Crippen molar-refractivity contribution in [2.24, 2.45) is 5.92 Å². The number of allylic oxidation sites excluding steroid dienone is 4. The van der Waals surface area contributed by atoms with Crippen molar-refractivity contribution in [2.45, 2.75) is 84.6 Å². The second-order valence-electron chi connectivity index (χ2n) is 23.2. The highest BCUT2D eigenvalue weighted by atomic mass is 15.3. The van der Waals surface area contributed by atoms with Gasteiger partial charge < -0.3 is 14.7 Å². The Morgan fingerprint density at radius 1 is 0.541 bits per heavy atom. The minimum Gasteiger partial charge on any atom is -0.331 e. The molecule has 0 aromatic heterocycles. The maximum atomic E-state index is 2.83. The van der Waals surface area contributed by atoms with Crippen LogP contribution in [0.25, 0.3) is 33.4 Å². The Kier molecular flexibility index (Phi) is 11.7. The molecule has 2 aliphatic heterocycles. The van der Waals surface area contributed by atoms with Crippen LogP contribution in [0.3, 0.4) is 0 Å². The number of hydrogen-bond donors (Lipinski definition) is 0. The molecule has 0 radical (unpaired) electrons. The second kappa shape index (κ2) is 18.3. The molecule has 8 aromatic rings. The summed E-state index contributed by atoms with van der Waals surface area (Å²) in [7, 11) is 0. The predicted octanol–water partition coefficient (Wildman–Crippen LogP) is 17.0. The summed E-state index contributed by atoms with van der Waals surface area (Å²) in [6, 6.07) is 75.3. The van der Waals surface area contributed by atoms with E-state index < -0.39 is 5.54 Å². The molecule has 4 heteroatoms. The summed E-state index contributed by atoms with van der Waals surface area (Å²) in [5, 5.41) is 0. The number of anilines is 5. The Bertz CT molecular complexity index is 3500. The van der Waals surface area contributed by atoms with Gasteiger partial charge in [0.2, 0.25) is 6.71 Å². The largest absolute Gasteiger partial charge is 0.331 e. The highest BCUT2D eigenvalue weighted by Crippen LogP contribution is 2.57. The first-order valence-electron chi connectivity index (χ1n) is 26.7. The minimum atomic E-state index is -0.637. The summed E-state index contributed by atoms with van der Waals surface area (Å²) >= 11 is 0. The first kappa shape index (κ1) is 47.2. The van der Waals surface area contributed by atoms with E-state index in [1.165, 1.54) is 101 Å². The van der Waals surface area contributed by atoms with Crippen molar-refractivity contribution < 1.29 is 0 Å². The molecule has 74 heavy (non-hydrogen) atoms. The Hall–Kier alpha value is -7.82. The molecular weight excluding hydrogens is 894 g/mol. The summed E-state index contributed by atoms with van der Waals surface area (Å²) in [5.74, 6) is 0.467. The second-order valence-corrected chi connectivity index (χ2v) is 23.2. The van der Waals surface area contributed by atoms with Crippen molar-refractivity contribution in [3.05, 3.63) is 258 Å².